The summed E-state index contributed by atoms with van der Waals surface area (Å²) in [6.07, 6.45) is 0. The molecule has 0 heterocycles. The Kier molecular flexibility index (Phi) is 4.33. The SMILES string of the molecule is Cc1cc(NCC(C)(C)C(C)C)ccc1[N+](=O)[O-]. The van der Waals surface area contributed by atoms with Gasteiger partial charge in [-0.25, -0.2) is 0 Å². The quantitative estimate of drug-likeness (QED) is 0.634. The fraction of sp³-hybridized carbons (Fsp3) is 0.571. The Bertz CT molecular complexity index is 439. The summed E-state index contributed by atoms with van der Waals surface area (Å²) in [4.78, 5) is 10.4. The molecule has 4 nitrogen and oxygen atoms in total. The molecule has 0 amide bonds. The molecule has 0 atom stereocenters. The molecule has 0 bridgehead atoms. The standard InChI is InChI=1S/C14H22N2O2/c1-10(2)14(4,5)9-15-12-6-7-13(16(17)18)11(3)8-12/h6-8,10,15H,9H2,1-5H3. The zero-order chi connectivity index (χ0) is 13.9. The summed E-state index contributed by atoms with van der Waals surface area (Å²) in [7, 11) is 0. The van der Waals surface area contributed by atoms with E-state index in [1.54, 1.807) is 19.1 Å². The van der Waals surface area contributed by atoms with Gasteiger partial charge in [-0.2, -0.15) is 0 Å². The lowest BCUT2D eigenvalue weighted by Crippen LogP contribution is -2.28. The van der Waals surface area contributed by atoms with Crippen molar-refractivity contribution >= 4 is 11.4 Å². The van der Waals surface area contributed by atoms with E-state index in [2.05, 4.69) is 33.0 Å². The maximum Gasteiger partial charge on any atom is 0.272 e. The van der Waals surface area contributed by atoms with Gasteiger partial charge >= 0.3 is 0 Å². The largest absolute Gasteiger partial charge is 0.384 e. The third kappa shape index (κ3) is 3.45. The predicted octanol–water partition coefficient (Wildman–Crippen LogP) is 4.00. The Morgan fingerprint density at radius 2 is 2.00 bits per heavy atom. The smallest absolute Gasteiger partial charge is 0.272 e. The van der Waals surface area contributed by atoms with E-state index in [1.165, 1.54) is 0 Å². The van der Waals surface area contributed by atoms with Crippen LogP contribution in [0.25, 0.3) is 0 Å². The van der Waals surface area contributed by atoms with Gasteiger partial charge in [-0.15, -0.1) is 0 Å². The highest BCUT2D eigenvalue weighted by Gasteiger charge is 2.22. The number of hydrogen-bond acceptors (Lipinski definition) is 3. The highest BCUT2D eigenvalue weighted by atomic mass is 16.6. The first-order valence-corrected chi connectivity index (χ1v) is 6.23. The third-order valence-electron chi connectivity index (χ3n) is 3.70. The summed E-state index contributed by atoms with van der Waals surface area (Å²) in [6.45, 7) is 11.4. The first-order chi connectivity index (χ1) is 8.24. The van der Waals surface area contributed by atoms with Crippen molar-refractivity contribution in [3.63, 3.8) is 0 Å². The van der Waals surface area contributed by atoms with Gasteiger partial charge in [0, 0.05) is 23.9 Å². The van der Waals surface area contributed by atoms with E-state index in [0.717, 1.165) is 12.2 Å². The van der Waals surface area contributed by atoms with Crippen molar-refractivity contribution < 1.29 is 4.92 Å². The number of rotatable bonds is 5. The summed E-state index contributed by atoms with van der Waals surface area (Å²) in [6, 6.07) is 5.15. The number of hydrogen-bond donors (Lipinski definition) is 1. The highest BCUT2D eigenvalue weighted by molar-refractivity contribution is 5.53. The van der Waals surface area contributed by atoms with E-state index in [-0.39, 0.29) is 16.0 Å². The van der Waals surface area contributed by atoms with Crippen LogP contribution in [0.2, 0.25) is 0 Å². The molecule has 0 unspecified atom stereocenters. The molecule has 0 aliphatic heterocycles. The molecule has 0 aliphatic rings. The van der Waals surface area contributed by atoms with Gasteiger partial charge in [0.05, 0.1) is 4.92 Å². The molecule has 0 aromatic heterocycles. The zero-order valence-corrected chi connectivity index (χ0v) is 11.8. The van der Waals surface area contributed by atoms with E-state index in [0.29, 0.717) is 11.5 Å². The summed E-state index contributed by atoms with van der Waals surface area (Å²) < 4.78 is 0. The van der Waals surface area contributed by atoms with E-state index < -0.39 is 0 Å². The molecule has 0 saturated carbocycles. The topological polar surface area (TPSA) is 55.2 Å². The summed E-state index contributed by atoms with van der Waals surface area (Å²) in [5, 5.41) is 14.1. The zero-order valence-electron chi connectivity index (χ0n) is 11.8. The van der Waals surface area contributed by atoms with E-state index in [1.807, 2.05) is 6.07 Å². The van der Waals surface area contributed by atoms with Gasteiger partial charge in [0.25, 0.3) is 5.69 Å². The Morgan fingerprint density at radius 3 is 2.44 bits per heavy atom. The Hall–Kier alpha value is -1.58. The second kappa shape index (κ2) is 5.38. The molecule has 1 N–H and O–H groups in total. The van der Waals surface area contributed by atoms with Crippen LogP contribution < -0.4 is 5.32 Å². The van der Waals surface area contributed by atoms with Crippen LogP contribution in [-0.4, -0.2) is 11.5 Å². The van der Waals surface area contributed by atoms with Gasteiger partial charge < -0.3 is 5.32 Å². The summed E-state index contributed by atoms with van der Waals surface area (Å²) in [5.41, 5.74) is 1.98. The fourth-order valence-electron chi connectivity index (χ4n) is 1.50. The van der Waals surface area contributed by atoms with Gasteiger partial charge in [0.2, 0.25) is 0 Å². The second-order valence-electron chi connectivity index (χ2n) is 5.76. The maximum absolute atomic E-state index is 10.7. The van der Waals surface area contributed by atoms with Crippen LogP contribution >= 0.6 is 0 Å². The van der Waals surface area contributed by atoms with Gasteiger partial charge in [0.1, 0.15) is 0 Å². The fourth-order valence-corrected chi connectivity index (χ4v) is 1.50. The molecule has 0 saturated heterocycles. The van der Waals surface area contributed by atoms with Crippen LogP contribution in [0.3, 0.4) is 0 Å². The van der Waals surface area contributed by atoms with Crippen LogP contribution in [0.4, 0.5) is 11.4 Å². The van der Waals surface area contributed by atoms with Crippen LogP contribution in [0.1, 0.15) is 33.3 Å². The van der Waals surface area contributed by atoms with Crippen molar-refractivity contribution in [2.75, 3.05) is 11.9 Å². The van der Waals surface area contributed by atoms with Crippen LogP contribution in [0, 0.1) is 28.4 Å². The predicted molar refractivity (Wildman–Crippen MR) is 74.9 cm³/mol. The number of aryl methyl sites for hydroxylation is 1. The van der Waals surface area contributed by atoms with Gasteiger partial charge in [-0.05, 0) is 30.4 Å². The van der Waals surface area contributed by atoms with Crippen molar-refractivity contribution in [3.05, 3.63) is 33.9 Å². The molecule has 100 valence electrons. The molecular formula is C14H22N2O2. The second-order valence-corrected chi connectivity index (χ2v) is 5.76. The molecule has 18 heavy (non-hydrogen) atoms. The lowest BCUT2D eigenvalue weighted by atomic mass is 9.81. The van der Waals surface area contributed by atoms with E-state index >= 15 is 0 Å². The monoisotopic (exact) mass is 250 g/mol. The Labute approximate surface area is 109 Å². The minimum Gasteiger partial charge on any atom is -0.384 e. The van der Waals surface area contributed by atoms with Crippen molar-refractivity contribution in [3.8, 4) is 0 Å². The number of anilines is 1. The van der Waals surface area contributed by atoms with E-state index in [4.69, 9.17) is 0 Å². The molecule has 1 aromatic rings. The normalized spacial score (nSPS) is 11.7. The molecule has 1 aromatic carbocycles. The number of nitrogens with zero attached hydrogens (tertiary/aromatic N) is 1. The van der Waals surface area contributed by atoms with Crippen molar-refractivity contribution in [1.29, 1.82) is 0 Å². The van der Waals surface area contributed by atoms with Crippen LogP contribution in [0.15, 0.2) is 18.2 Å². The number of nitro benzene ring substituents is 1. The minimum atomic E-state index is -0.350. The summed E-state index contributed by atoms with van der Waals surface area (Å²) in [5.74, 6) is 0.573. The lowest BCUT2D eigenvalue weighted by Gasteiger charge is -2.29. The molecule has 0 radical (unpaired) electrons. The molecular weight excluding hydrogens is 228 g/mol. The molecule has 1 rings (SSSR count). The van der Waals surface area contributed by atoms with Gasteiger partial charge in [-0.1, -0.05) is 27.7 Å². The number of nitro groups is 1. The average molecular weight is 250 g/mol. The third-order valence-corrected chi connectivity index (χ3v) is 3.70. The maximum atomic E-state index is 10.7. The minimum absolute atomic E-state index is 0.170. The molecule has 0 aliphatic carbocycles. The first kappa shape index (κ1) is 14.5. The first-order valence-electron chi connectivity index (χ1n) is 6.23. The van der Waals surface area contributed by atoms with Crippen molar-refractivity contribution in [2.45, 2.75) is 34.6 Å². The number of benzene rings is 1. The lowest BCUT2D eigenvalue weighted by molar-refractivity contribution is -0.385. The average Bonchev–Trinajstić information content (AvgIpc) is 2.25. The van der Waals surface area contributed by atoms with Gasteiger partial charge in [-0.3, -0.25) is 10.1 Å². The van der Waals surface area contributed by atoms with Crippen LogP contribution in [-0.2, 0) is 0 Å². The molecule has 4 heteroatoms. The van der Waals surface area contributed by atoms with Crippen molar-refractivity contribution in [1.82, 2.24) is 0 Å². The van der Waals surface area contributed by atoms with Crippen molar-refractivity contribution in [2.24, 2.45) is 11.3 Å². The summed E-state index contributed by atoms with van der Waals surface area (Å²) >= 11 is 0. The van der Waals surface area contributed by atoms with E-state index in [9.17, 15) is 10.1 Å². The number of nitrogens with one attached hydrogen (secondary N) is 1. The Morgan fingerprint density at radius 1 is 1.39 bits per heavy atom. The molecule has 0 fully saturated rings. The Balaban J connectivity index is 2.76. The van der Waals surface area contributed by atoms with Gasteiger partial charge in [0.15, 0.2) is 0 Å². The highest BCUT2D eigenvalue weighted by Crippen LogP contribution is 2.27. The molecule has 0 spiro atoms. The van der Waals surface area contributed by atoms with Crippen LogP contribution in [0.5, 0.6) is 0 Å².